The van der Waals surface area contributed by atoms with Crippen LogP contribution in [0.25, 0.3) is 45.1 Å². The lowest BCUT2D eigenvalue weighted by Crippen LogP contribution is -2.32. The van der Waals surface area contributed by atoms with Gasteiger partial charge < -0.3 is 9.13 Å². The van der Waals surface area contributed by atoms with Gasteiger partial charge in [-0.05, 0) is 88.3 Å². The molecular weight excluding hydrogens is 470 g/mol. The molecule has 7 rings (SSSR count). The highest BCUT2D eigenvalue weighted by molar-refractivity contribution is 5.82. The quantitative estimate of drug-likeness (QED) is 0.283. The van der Waals surface area contributed by atoms with Crippen molar-refractivity contribution in [3.8, 4) is 23.0 Å². The Labute approximate surface area is 223 Å². The molecule has 0 unspecified atom stereocenters. The van der Waals surface area contributed by atoms with Crippen LogP contribution in [0.4, 0.5) is 0 Å². The lowest BCUT2D eigenvalue weighted by atomic mass is 10.1. The zero-order valence-corrected chi connectivity index (χ0v) is 22.0. The molecule has 2 saturated heterocycles. The Kier molecular flexibility index (Phi) is 6.39. The van der Waals surface area contributed by atoms with E-state index in [1.54, 1.807) is 0 Å². The molecule has 2 fully saturated rings. The minimum absolute atomic E-state index is 0.842. The number of fused-ring (bicyclic) bond motifs is 2. The van der Waals surface area contributed by atoms with E-state index in [4.69, 9.17) is 15.0 Å². The summed E-state index contributed by atoms with van der Waals surface area (Å²) in [5.74, 6) is 1.86. The number of likely N-dealkylation sites (tertiary alicyclic amines) is 2. The van der Waals surface area contributed by atoms with Crippen molar-refractivity contribution in [1.82, 2.24) is 33.9 Å². The van der Waals surface area contributed by atoms with Crippen molar-refractivity contribution >= 4 is 22.1 Å². The third-order valence-electron chi connectivity index (χ3n) is 8.10. The zero-order chi connectivity index (χ0) is 25.3. The van der Waals surface area contributed by atoms with E-state index in [0.29, 0.717) is 0 Å². The summed E-state index contributed by atoms with van der Waals surface area (Å²) >= 11 is 0. The lowest BCUT2D eigenvalue weighted by Gasteiger charge is -2.28. The van der Waals surface area contributed by atoms with E-state index in [0.717, 1.165) is 84.6 Å². The van der Waals surface area contributed by atoms with E-state index in [1.807, 2.05) is 0 Å². The maximum absolute atomic E-state index is 5.21. The first-order chi connectivity index (χ1) is 18.8. The van der Waals surface area contributed by atoms with E-state index < -0.39 is 0 Å². The van der Waals surface area contributed by atoms with Crippen LogP contribution in [-0.4, -0.2) is 60.1 Å². The molecular formula is C31H35N7. The SMILES string of the molecule is c1cc(-c2nc3ccccc3n2CN2CCCCC2)nc(-c2nc3ccccc3n2CN2CCCCC2)c1. The number of nitrogens with zero attached hydrogens (tertiary/aromatic N) is 7. The first kappa shape index (κ1) is 23.6. The van der Waals surface area contributed by atoms with Gasteiger partial charge in [0.1, 0.15) is 11.4 Å². The molecule has 5 aromatic rings. The van der Waals surface area contributed by atoms with Crippen LogP contribution in [0.5, 0.6) is 0 Å². The number of aromatic nitrogens is 5. The first-order valence-corrected chi connectivity index (χ1v) is 14.2. The summed E-state index contributed by atoms with van der Waals surface area (Å²) in [4.78, 5) is 20.5. The predicted molar refractivity (Wildman–Crippen MR) is 153 cm³/mol. The van der Waals surface area contributed by atoms with Gasteiger partial charge in [0, 0.05) is 0 Å². The van der Waals surface area contributed by atoms with Gasteiger partial charge >= 0.3 is 0 Å². The topological polar surface area (TPSA) is 55.0 Å². The molecule has 0 bridgehead atoms. The van der Waals surface area contributed by atoms with Crippen molar-refractivity contribution in [3.63, 3.8) is 0 Å². The van der Waals surface area contributed by atoms with Crippen LogP contribution < -0.4 is 0 Å². The summed E-state index contributed by atoms with van der Waals surface area (Å²) in [6.07, 6.45) is 7.73. The third kappa shape index (κ3) is 4.50. The van der Waals surface area contributed by atoms with Gasteiger partial charge in [-0.15, -0.1) is 0 Å². The third-order valence-corrected chi connectivity index (χ3v) is 8.10. The van der Waals surface area contributed by atoms with Gasteiger partial charge in [0.15, 0.2) is 11.6 Å². The lowest BCUT2D eigenvalue weighted by molar-refractivity contribution is 0.185. The van der Waals surface area contributed by atoms with E-state index in [2.05, 4.69) is 85.7 Å². The van der Waals surface area contributed by atoms with Crippen molar-refractivity contribution in [2.75, 3.05) is 26.2 Å². The molecule has 7 heteroatoms. The molecule has 38 heavy (non-hydrogen) atoms. The summed E-state index contributed by atoms with van der Waals surface area (Å²) in [7, 11) is 0. The largest absolute Gasteiger partial charge is 0.309 e. The monoisotopic (exact) mass is 505 g/mol. The first-order valence-electron chi connectivity index (χ1n) is 14.2. The van der Waals surface area contributed by atoms with Crippen LogP contribution >= 0.6 is 0 Å². The maximum atomic E-state index is 5.21. The fourth-order valence-electron chi connectivity index (χ4n) is 6.11. The molecule has 2 aliphatic heterocycles. The van der Waals surface area contributed by atoms with Gasteiger partial charge in [0.25, 0.3) is 0 Å². The Hall–Kier alpha value is -3.55. The van der Waals surface area contributed by atoms with Crippen LogP contribution in [-0.2, 0) is 13.3 Å². The molecule has 0 atom stereocenters. The van der Waals surface area contributed by atoms with Crippen molar-refractivity contribution in [2.24, 2.45) is 0 Å². The maximum Gasteiger partial charge on any atom is 0.160 e. The zero-order valence-electron chi connectivity index (χ0n) is 22.0. The number of hydrogen-bond donors (Lipinski definition) is 0. The van der Waals surface area contributed by atoms with Gasteiger partial charge in [0.2, 0.25) is 0 Å². The average Bonchev–Trinajstić information content (AvgIpc) is 3.53. The van der Waals surface area contributed by atoms with E-state index in [-0.39, 0.29) is 0 Å². The molecule has 0 N–H and O–H groups in total. The number of hydrogen-bond acceptors (Lipinski definition) is 5. The second-order valence-corrected chi connectivity index (χ2v) is 10.8. The molecule has 0 saturated carbocycles. The highest BCUT2D eigenvalue weighted by atomic mass is 15.3. The average molecular weight is 506 g/mol. The highest BCUT2D eigenvalue weighted by Crippen LogP contribution is 2.29. The molecule has 0 spiro atoms. The summed E-state index contributed by atoms with van der Waals surface area (Å²) in [6.45, 7) is 6.24. The molecule has 0 amide bonds. The number of pyridine rings is 1. The van der Waals surface area contributed by atoms with Crippen molar-refractivity contribution in [1.29, 1.82) is 0 Å². The Morgan fingerprint density at radius 1 is 0.474 bits per heavy atom. The molecule has 7 nitrogen and oxygen atoms in total. The van der Waals surface area contributed by atoms with E-state index in [9.17, 15) is 0 Å². The second kappa shape index (κ2) is 10.3. The Bertz CT molecular complexity index is 1440. The Morgan fingerprint density at radius 3 is 1.39 bits per heavy atom. The number of benzene rings is 2. The number of para-hydroxylation sites is 4. The van der Waals surface area contributed by atoms with Crippen LogP contribution in [0.15, 0.2) is 66.7 Å². The summed E-state index contributed by atoms with van der Waals surface area (Å²) in [5, 5.41) is 0. The number of rotatable bonds is 6. The fraction of sp³-hybridized carbons (Fsp3) is 0.387. The van der Waals surface area contributed by atoms with Crippen molar-refractivity contribution in [3.05, 3.63) is 66.7 Å². The van der Waals surface area contributed by atoms with Gasteiger partial charge in [-0.25, -0.2) is 15.0 Å². The van der Waals surface area contributed by atoms with E-state index >= 15 is 0 Å². The molecule has 194 valence electrons. The normalized spacial score (nSPS) is 17.5. The molecule has 2 aromatic carbocycles. The smallest absolute Gasteiger partial charge is 0.160 e. The minimum Gasteiger partial charge on any atom is -0.309 e. The van der Waals surface area contributed by atoms with Gasteiger partial charge in [0.05, 0.1) is 35.4 Å². The van der Waals surface area contributed by atoms with Crippen LogP contribution in [0.3, 0.4) is 0 Å². The van der Waals surface area contributed by atoms with Gasteiger partial charge in [-0.2, -0.15) is 0 Å². The molecule has 0 aliphatic carbocycles. The summed E-state index contributed by atoms with van der Waals surface area (Å²) in [6, 6.07) is 23.2. The number of piperidine rings is 2. The highest BCUT2D eigenvalue weighted by Gasteiger charge is 2.21. The van der Waals surface area contributed by atoms with Crippen LogP contribution in [0.1, 0.15) is 38.5 Å². The molecule has 2 aliphatic rings. The van der Waals surface area contributed by atoms with Crippen LogP contribution in [0, 0.1) is 0 Å². The second-order valence-electron chi connectivity index (χ2n) is 10.8. The minimum atomic E-state index is 0.842. The molecule has 5 heterocycles. The summed E-state index contributed by atoms with van der Waals surface area (Å²) < 4.78 is 4.70. The standard InChI is InChI=1S/C31H35N7/c1-7-18-35(19-8-1)22-37-28-16-5-3-12-24(28)33-30(37)26-14-11-15-27(32-26)31-34-25-13-4-6-17-29(25)38(31)23-36-20-9-2-10-21-36/h3-6,11-17H,1-2,7-10,18-23H2. The Balaban J connectivity index is 1.31. The van der Waals surface area contributed by atoms with Gasteiger partial charge in [-0.1, -0.05) is 43.2 Å². The van der Waals surface area contributed by atoms with E-state index in [1.165, 1.54) is 38.5 Å². The fourth-order valence-corrected chi connectivity index (χ4v) is 6.11. The Morgan fingerprint density at radius 2 is 0.921 bits per heavy atom. The number of imidazole rings is 2. The summed E-state index contributed by atoms with van der Waals surface area (Å²) in [5.41, 5.74) is 6.16. The molecule has 0 radical (unpaired) electrons. The van der Waals surface area contributed by atoms with Crippen molar-refractivity contribution in [2.45, 2.75) is 51.9 Å². The molecule has 3 aromatic heterocycles. The van der Waals surface area contributed by atoms with Crippen LogP contribution in [0.2, 0.25) is 0 Å². The van der Waals surface area contributed by atoms with Crippen molar-refractivity contribution < 1.29 is 0 Å². The van der Waals surface area contributed by atoms with Gasteiger partial charge in [-0.3, -0.25) is 9.80 Å². The predicted octanol–water partition coefficient (Wildman–Crippen LogP) is 6.00.